The van der Waals surface area contributed by atoms with E-state index in [2.05, 4.69) is 6.92 Å². The van der Waals surface area contributed by atoms with Gasteiger partial charge in [-0.2, -0.15) is 0 Å². The molecule has 428 valence electrons. The van der Waals surface area contributed by atoms with Crippen LogP contribution in [0.4, 0.5) is 0 Å². The van der Waals surface area contributed by atoms with Gasteiger partial charge in [0.15, 0.2) is 30.9 Å². The van der Waals surface area contributed by atoms with Crippen molar-refractivity contribution in [2.24, 2.45) is 22.7 Å². The minimum absolute atomic E-state index is 0.0344. The van der Waals surface area contributed by atoms with Crippen LogP contribution >= 0.6 is 0 Å². The number of methoxy groups -OCH3 is 4. The molecule has 3 saturated carbocycles. The Morgan fingerprint density at radius 2 is 1.13 bits per heavy atom. The molecule has 7 fully saturated rings. The van der Waals surface area contributed by atoms with Gasteiger partial charge in [-0.3, -0.25) is 4.79 Å². The van der Waals surface area contributed by atoms with Crippen molar-refractivity contribution in [1.82, 2.24) is 0 Å². The van der Waals surface area contributed by atoms with Crippen LogP contribution in [-0.2, 0) is 71.2 Å². The van der Waals surface area contributed by atoms with Gasteiger partial charge in [-0.25, -0.2) is 4.79 Å². The average molecular weight is 1070 g/mol. The SMILES string of the molecule is CO[C@H]1C[C@H](O[C@H]2CC[C@@]3(C)C(=CC[C@]4(O)[C@@H]3C[C@@H](OC(=O)C=C(C)C(C)C)[C@@]3(C)[C@]4(O)CC[C@@]3(O)C(C)=O)C2)O[C@H](C)[C@H]1O[C@H]1C[C@H](OC)[C@H](O[C@H]2C[C@@H](OC)[C@H](O[C@H]3C[C@@H](OC)[C@H](O)[C@@H](C)O3)[C@@H](C)O2)[C@@H](C)O1. The summed E-state index contributed by atoms with van der Waals surface area (Å²) < 4.78 is 81.6. The molecular formula is C56H90O19. The smallest absolute Gasteiger partial charge is 0.330 e. The maximum Gasteiger partial charge on any atom is 0.330 e. The van der Waals surface area contributed by atoms with E-state index in [0.717, 1.165) is 11.1 Å². The minimum atomic E-state index is -2.02. The fourth-order valence-electron chi connectivity index (χ4n) is 14.6. The zero-order valence-electron chi connectivity index (χ0n) is 46.9. The Morgan fingerprint density at radius 3 is 1.60 bits per heavy atom. The third-order valence-electron chi connectivity index (χ3n) is 19.6. The normalized spacial score (nSPS) is 49.3. The lowest BCUT2D eigenvalue weighted by molar-refractivity contribution is -0.347. The second kappa shape index (κ2) is 22.8. The predicted octanol–water partition coefficient (Wildman–Crippen LogP) is 5.12. The lowest BCUT2D eigenvalue weighted by Crippen LogP contribution is -2.78. The van der Waals surface area contributed by atoms with Crippen molar-refractivity contribution in [3.8, 4) is 0 Å². The number of hydrogen-bond acceptors (Lipinski definition) is 19. The molecule has 75 heavy (non-hydrogen) atoms. The van der Waals surface area contributed by atoms with Gasteiger partial charge in [-0.05, 0) is 105 Å². The van der Waals surface area contributed by atoms with E-state index in [1.165, 1.54) is 13.0 Å². The number of aliphatic hydroxyl groups excluding tert-OH is 1. The fourth-order valence-corrected chi connectivity index (χ4v) is 14.6. The number of Topliss-reactive ketones (excluding diaryl/α,β-unsaturated/α-hetero) is 1. The van der Waals surface area contributed by atoms with Crippen LogP contribution in [0.1, 0.15) is 140 Å². The van der Waals surface area contributed by atoms with Crippen LogP contribution in [0, 0.1) is 22.7 Å². The number of carbonyl (C=O) groups is 2. The largest absolute Gasteiger partial charge is 0.458 e. The summed E-state index contributed by atoms with van der Waals surface area (Å²) in [4.78, 5) is 26.9. The van der Waals surface area contributed by atoms with Gasteiger partial charge in [0.1, 0.15) is 47.3 Å². The molecule has 8 rings (SSSR count). The lowest BCUT2D eigenvalue weighted by Gasteiger charge is -2.67. The molecule has 4 saturated heterocycles. The summed E-state index contributed by atoms with van der Waals surface area (Å²) in [5, 5.41) is 48.5. The molecular weight excluding hydrogens is 977 g/mol. The van der Waals surface area contributed by atoms with E-state index in [1.807, 2.05) is 47.6 Å². The molecule has 4 aliphatic carbocycles. The summed E-state index contributed by atoms with van der Waals surface area (Å²) in [6, 6.07) is 0. The molecule has 0 amide bonds. The van der Waals surface area contributed by atoms with Crippen LogP contribution in [0.2, 0.25) is 0 Å². The first-order valence-corrected chi connectivity index (χ1v) is 27.6. The van der Waals surface area contributed by atoms with Gasteiger partial charge in [0.2, 0.25) is 0 Å². The van der Waals surface area contributed by atoms with Crippen molar-refractivity contribution in [2.45, 2.75) is 267 Å². The van der Waals surface area contributed by atoms with Crippen LogP contribution in [0.15, 0.2) is 23.3 Å². The van der Waals surface area contributed by atoms with E-state index < -0.39 is 144 Å². The van der Waals surface area contributed by atoms with Crippen LogP contribution in [-0.4, -0.2) is 188 Å². The molecule has 0 aromatic carbocycles. The monoisotopic (exact) mass is 1070 g/mol. The van der Waals surface area contributed by atoms with E-state index >= 15 is 0 Å². The van der Waals surface area contributed by atoms with E-state index in [9.17, 15) is 30.0 Å². The lowest BCUT2D eigenvalue weighted by atomic mass is 9.42. The summed E-state index contributed by atoms with van der Waals surface area (Å²) in [6.45, 7) is 18.4. The molecule has 0 bridgehead atoms. The number of ether oxygens (including phenoxy) is 13. The highest BCUT2D eigenvalue weighted by Crippen LogP contribution is 2.71. The highest BCUT2D eigenvalue weighted by atomic mass is 16.8. The summed E-state index contributed by atoms with van der Waals surface area (Å²) in [6.07, 6.45) is -2.49. The second-order valence-electron chi connectivity index (χ2n) is 23.9. The predicted molar refractivity (Wildman–Crippen MR) is 269 cm³/mol. The third-order valence-corrected chi connectivity index (χ3v) is 19.6. The summed E-state index contributed by atoms with van der Waals surface area (Å²) in [7, 11) is 6.49. The maximum atomic E-state index is 13.6. The summed E-state index contributed by atoms with van der Waals surface area (Å²) in [5.41, 5.74) is -6.10. The van der Waals surface area contributed by atoms with Crippen molar-refractivity contribution >= 4 is 11.8 Å². The van der Waals surface area contributed by atoms with Gasteiger partial charge in [-0.15, -0.1) is 0 Å². The molecule has 24 atom stereocenters. The Bertz CT molecular complexity index is 2070. The first-order valence-electron chi connectivity index (χ1n) is 27.6. The van der Waals surface area contributed by atoms with E-state index in [-0.39, 0.29) is 43.8 Å². The molecule has 8 aliphatic rings. The van der Waals surface area contributed by atoms with Gasteiger partial charge in [0.25, 0.3) is 0 Å². The molecule has 4 N–H and O–H groups in total. The second-order valence-corrected chi connectivity index (χ2v) is 23.9. The standard InChI is InChI=1S/C56H90O19/c1-28(2)29(3)21-43(58)72-42-27-41-52(9)17-16-36(22-35(52)15-18-55(41,61)56(62)20-19-54(60,34(8)57)53(42,56)10)71-44-24-38(64-12)49(31(5)68-44)74-46-26-40(66-14)51(33(7)70-46)75-47-25-39(65-13)50(32(6)69-47)73-45-23-37(63-11)48(59)30(4)67-45/h15,21,28,30-33,36-42,44-51,59-62H,16-20,22-27H2,1-14H3/t30-,31-,32-,33-,36+,37-,38+,39-,40+,41-,42-,44+,45+,46+,47+,48-,49-,50-,51-,52+,53-,54-,55+,56-/m1/s1. The van der Waals surface area contributed by atoms with Gasteiger partial charge in [0, 0.05) is 66.1 Å². The van der Waals surface area contributed by atoms with Crippen LogP contribution in [0.5, 0.6) is 0 Å². The number of aliphatic hydroxyl groups is 4. The van der Waals surface area contributed by atoms with Crippen LogP contribution < -0.4 is 0 Å². The van der Waals surface area contributed by atoms with E-state index in [1.54, 1.807) is 42.3 Å². The molecule has 19 nitrogen and oxygen atoms in total. The van der Waals surface area contributed by atoms with E-state index in [0.29, 0.717) is 44.9 Å². The zero-order valence-corrected chi connectivity index (χ0v) is 46.9. The number of rotatable bonds is 16. The Morgan fingerprint density at radius 1 is 0.667 bits per heavy atom. The van der Waals surface area contributed by atoms with Crippen molar-refractivity contribution in [1.29, 1.82) is 0 Å². The van der Waals surface area contributed by atoms with Crippen molar-refractivity contribution in [2.75, 3.05) is 28.4 Å². The number of hydrogen-bond donors (Lipinski definition) is 4. The Hall–Kier alpha value is -2.02. The third kappa shape index (κ3) is 10.6. The zero-order chi connectivity index (χ0) is 54.7. The first kappa shape index (κ1) is 59.1. The molecule has 0 aromatic rings. The van der Waals surface area contributed by atoms with Crippen molar-refractivity contribution < 1.29 is 91.6 Å². The topological polar surface area (TPSA) is 235 Å². The summed E-state index contributed by atoms with van der Waals surface area (Å²) in [5.74, 6) is -1.61. The fraction of sp³-hybridized carbons (Fsp3) is 0.893. The van der Waals surface area contributed by atoms with Gasteiger partial charge >= 0.3 is 5.97 Å². The highest BCUT2D eigenvalue weighted by Gasteiger charge is 2.81. The number of allylic oxidation sites excluding steroid dienone is 1. The van der Waals surface area contributed by atoms with Crippen LogP contribution in [0.3, 0.4) is 0 Å². The van der Waals surface area contributed by atoms with Crippen molar-refractivity contribution in [3.63, 3.8) is 0 Å². The quantitative estimate of drug-likeness (QED) is 0.0892. The Kier molecular flexibility index (Phi) is 18.0. The summed E-state index contributed by atoms with van der Waals surface area (Å²) >= 11 is 0. The van der Waals surface area contributed by atoms with Crippen molar-refractivity contribution in [3.05, 3.63) is 23.3 Å². The molecule has 0 spiro atoms. The van der Waals surface area contributed by atoms with Gasteiger partial charge in [0.05, 0.1) is 60.4 Å². The molecule has 4 aliphatic heterocycles. The number of fused-ring (bicyclic) bond motifs is 5. The molecule has 4 heterocycles. The molecule has 0 radical (unpaired) electrons. The number of ketones is 1. The molecule has 0 unspecified atom stereocenters. The highest BCUT2D eigenvalue weighted by molar-refractivity contribution is 5.87. The number of carbonyl (C=O) groups excluding carboxylic acids is 2. The maximum absolute atomic E-state index is 13.6. The minimum Gasteiger partial charge on any atom is -0.458 e. The molecule has 19 heteroatoms. The first-order chi connectivity index (χ1) is 35.3. The van der Waals surface area contributed by atoms with Crippen LogP contribution in [0.25, 0.3) is 0 Å². The Balaban J connectivity index is 0.877. The van der Waals surface area contributed by atoms with Gasteiger partial charge in [-0.1, -0.05) is 38.0 Å². The molecule has 0 aromatic heterocycles. The average Bonchev–Trinajstić information content (AvgIpc) is 3.60. The van der Waals surface area contributed by atoms with Gasteiger partial charge < -0.3 is 82.0 Å². The Labute approximate surface area is 443 Å². The van der Waals surface area contributed by atoms with E-state index in [4.69, 9.17) is 61.6 Å². The number of esters is 1.